The number of hydrogen-bond acceptors (Lipinski definition) is 0. The molecule has 0 nitrogen and oxygen atoms in total. The second-order valence-electron chi connectivity index (χ2n) is 15.0. The van der Waals surface area contributed by atoms with E-state index in [9.17, 15) is 0 Å². The molecule has 1 spiro atoms. The van der Waals surface area contributed by atoms with Crippen LogP contribution in [0.5, 0.6) is 0 Å². The molecule has 3 aliphatic rings. The van der Waals surface area contributed by atoms with E-state index in [-0.39, 0.29) is 0 Å². The molecule has 0 amide bonds. The highest BCUT2D eigenvalue weighted by molar-refractivity contribution is 6.23. The average Bonchev–Trinajstić information content (AvgIpc) is 3.84. The summed E-state index contributed by atoms with van der Waals surface area (Å²) in [4.78, 5) is 0. The van der Waals surface area contributed by atoms with E-state index in [1.165, 1.54) is 121 Å². The molecule has 0 unspecified atom stereocenters. The molecule has 0 aliphatic heterocycles. The van der Waals surface area contributed by atoms with Crippen molar-refractivity contribution in [2.45, 2.75) is 5.41 Å². The van der Waals surface area contributed by atoms with Gasteiger partial charge in [0.05, 0.1) is 5.41 Å². The van der Waals surface area contributed by atoms with Crippen molar-refractivity contribution >= 4 is 43.1 Å². The van der Waals surface area contributed by atoms with Crippen LogP contribution in [0, 0.1) is 0 Å². The first-order chi connectivity index (χ1) is 26.3. The fourth-order valence-electron chi connectivity index (χ4n) is 10.9. The summed E-state index contributed by atoms with van der Waals surface area (Å²) in [5.74, 6) is 0. The number of benzene rings is 10. The Labute approximate surface area is 307 Å². The standard InChI is InChI=1S/C53H30/c1-2-13-34-31(12-1)24-27-45-50-42-19-6-5-16-37(42)46-30-32(33-28-29-43-36-15-4-3-14-35(36)41-21-11-20-40(33)49(41)43)25-26-44(46)52(50)53(51(34)45)47-22-9-7-17-38(47)39-18-8-10-23-48(39)53/h1-30H. The van der Waals surface area contributed by atoms with Gasteiger partial charge in [0.1, 0.15) is 0 Å². The molecular formula is C53H30. The van der Waals surface area contributed by atoms with Crippen molar-refractivity contribution in [2.24, 2.45) is 0 Å². The largest absolute Gasteiger partial charge is 0.0737 e. The molecule has 10 aromatic carbocycles. The maximum atomic E-state index is 2.49. The van der Waals surface area contributed by atoms with Gasteiger partial charge in [-0.1, -0.05) is 176 Å². The Kier molecular flexibility index (Phi) is 5.14. The van der Waals surface area contributed by atoms with Gasteiger partial charge in [-0.15, -0.1) is 0 Å². The highest BCUT2D eigenvalue weighted by Crippen LogP contribution is 2.66. The Morgan fingerprint density at radius 3 is 1.62 bits per heavy atom. The second kappa shape index (κ2) is 9.76. The third-order valence-corrected chi connectivity index (χ3v) is 12.8. The summed E-state index contributed by atoms with van der Waals surface area (Å²) in [6, 6.07) is 69.0. The highest BCUT2D eigenvalue weighted by atomic mass is 14.5. The minimum absolute atomic E-state index is 0.462. The van der Waals surface area contributed by atoms with E-state index in [0.29, 0.717) is 0 Å². The molecule has 3 aliphatic carbocycles. The molecule has 0 atom stereocenters. The predicted octanol–water partition coefficient (Wildman–Crippen LogP) is 14.0. The molecule has 0 heteroatoms. The minimum atomic E-state index is -0.462. The summed E-state index contributed by atoms with van der Waals surface area (Å²) in [5.41, 5.74) is 18.4. The lowest BCUT2D eigenvalue weighted by atomic mass is 9.68. The van der Waals surface area contributed by atoms with E-state index in [0.717, 1.165) is 0 Å². The zero-order valence-corrected chi connectivity index (χ0v) is 28.8. The molecule has 10 aromatic rings. The van der Waals surface area contributed by atoms with Gasteiger partial charge in [0, 0.05) is 0 Å². The van der Waals surface area contributed by atoms with Crippen molar-refractivity contribution in [2.75, 3.05) is 0 Å². The molecule has 0 saturated heterocycles. The Balaban J connectivity index is 1.19. The summed E-state index contributed by atoms with van der Waals surface area (Å²) >= 11 is 0. The van der Waals surface area contributed by atoms with E-state index in [2.05, 4.69) is 182 Å². The normalized spacial score (nSPS) is 13.8. The smallest absolute Gasteiger partial charge is 0.0619 e. The number of hydrogen-bond donors (Lipinski definition) is 0. The van der Waals surface area contributed by atoms with Crippen LogP contribution in [0.25, 0.3) is 98.7 Å². The van der Waals surface area contributed by atoms with E-state index in [4.69, 9.17) is 0 Å². The molecule has 13 rings (SSSR count). The summed E-state index contributed by atoms with van der Waals surface area (Å²) < 4.78 is 0. The van der Waals surface area contributed by atoms with Crippen LogP contribution in [0.1, 0.15) is 22.3 Å². The lowest BCUT2D eigenvalue weighted by Gasteiger charge is -2.32. The van der Waals surface area contributed by atoms with Crippen molar-refractivity contribution in [3.05, 3.63) is 204 Å². The Hall–Kier alpha value is -6.76. The van der Waals surface area contributed by atoms with Crippen molar-refractivity contribution in [1.82, 2.24) is 0 Å². The third kappa shape index (κ3) is 3.25. The SMILES string of the molecule is c1ccc2c(c1)-c1cccc3c(-c4ccc5c6c(c7ccccc7c5c4)-c4ccc5ccccc5c4C64c5ccccc5-c5ccccc54)ccc-2c13. The van der Waals surface area contributed by atoms with Gasteiger partial charge >= 0.3 is 0 Å². The van der Waals surface area contributed by atoms with Crippen LogP contribution >= 0.6 is 0 Å². The fraction of sp³-hybridized carbons (Fsp3) is 0.0189. The minimum Gasteiger partial charge on any atom is -0.0619 e. The van der Waals surface area contributed by atoms with Gasteiger partial charge < -0.3 is 0 Å². The lowest BCUT2D eigenvalue weighted by molar-refractivity contribution is 0.809. The van der Waals surface area contributed by atoms with E-state index in [1.807, 2.05) is 0 Å². The Morgan fingerprint density at radius 2 is 0.849 bits per heavy atom. The molecule has 0 radical (unpaired) electrons. The maximum absolute atomic E-state index is 2.49. The Morgan fingerprint density at radius 1 is 0.283 bits per heavy atom. The van der Waals surface area contributed by atoms with Crippen LogP contribution in [0.2, 0.25) is 0 Å². The third-order valence-electron chi connectivity index (χ3n) is 12.8. The van der Waals surface area contributed by atoms with Crippen molar-refractivity contribution in [3.8, 4) is 55.6 Å². The molecule has 0 bridgehead atoms. The second-order valence-corrected chi connectivity index (χ2v) is 15.0. The van der Waals surface area contributed by atoms with Crippen LogP contribution in [-0.4, -0.2) is 0 Å². The summed E-state index contributed by atoms with van der Waals surface area (Å²) in [6.45, 7) is 0. The highest BCUT2D eigenvalue weighted by Gasteiger charge is 2.53. The van der Waals surface area contributed by atoms with Crippen LogP contribution in [-0.2, 0) is 5.41 Å². The zero-order chi connectivity index (χ0) is 34.4. The van der Waals surface area contributed by atoms with Gasteiger partial charge in [0.25, 0.3) is 0 Å². The number of rotatable bonds is 1. The molecule has 0 saturated carbocycles. The van der Waals surface area contributed by atoms with E-state index < -0.39 is 5.41 Å². The van der Waals surface area contributed by atoms with Gasteiger partial charge in [0.15, 0.2) is 0 Å². The van der Waals surface area contributed by atoms with Crippen LogP contribution in [0.4, 0.5) is 0 Å². The van der Waals surface area contributed by atoms with E-state index in [1.54, 1.807) is 0 Å². The predicted molar refractivity (Wildman–Crippen MR) is 223 cm³/mol. The van der Waals surface area contributed by atoms with Crippen LogP contribution < -0.4 is 0 Å². The summed E-state index contributed by atoms with van der Waals surface area (Å²) in [7, 11) is 0. The summed E-state index contributed by atoms with van der Waals surface area (Å²) in [6.07, 6.45) is 0. The Bertz CT molecular complexity index is 3210. The quantitative estimate of drug-likeness (QED) is 0.153. The van der Waals surface area contributed by atoms with Gasteiger partial charge in [0.2, 0.25) is 0 Å². The van der Waals surface area contributed by atoms with Crippen molar-refractivity contribution in [3.63, 3.8) is 0 Å². The average molecular weight is 667 g/mol. The zero-order valence-electron chi connectivity index (χ0n) is 28.8. The summed E-state index contributed by atoms with van der Waals surface area (Å²) in [5, 5.41) is 10.5. The van der Waals surface area contributed by atoms with Crippen LogP contribution in [0.15, 0.2) is 182 Å². The molecule has 0 aromatic heterocycles. The molecule has 0 fully saturated rings. The topological polar surface area (TPSA) is 0 Å². The van der Waals surface area contributed by atoms with Crippen LogP contribution in [0.3, 0.4) is 0 Å². The first kappa shape index (κ1) is 27.9. The fourth-order valence-corrected chi connectivity index (χ4v) is 10.9. The van der Waals surface area contributed by atoms with Gasteiger partial charge in [-0.25, -0.2) is 0 Å². The van der Waals surface area contributed by atoms with Gasteiger partial charge in [-0.2, -0.15) is 0 Å². The first-order valence-corrected chi connectivity index (χ1v) is 18.7. The van der Waals surface area contributed by atoms with Gasteiger partial charge in [-0.05, 0) is 127 Å². The number of fused-ring (bicyclic) bond motifs is 20. The molecule has 0 heterocycles. The van der Waals surface area contributed by atoms with Crippen molar-refractivity contribution < 1.29 is 0 Å². The van der Waals surface area contributed by atoms with Gasteiger partial charge in [-0.3, -0.25) is 0 Å². The van der Waals surface area contributed by atoms with Crippen molar-refractivity contribution in [1.29, 1.82) is 0 Å². The van der Waals surface area contributed by atoms with E-state index >= 15 is 0 Å². The molecular weight excluding hydrogens is 637 g/mol. The first-order valence-electron chi connectivity index (χ1n) is 18.7. The molecule has 0 N–H and O–H groups in total. The molecule has 53 heavy (non-hydrogen) atoms. The molecule has 242 valence electrons. The maximum Gasteiger partial charge on any atom is 0.0737 e. The lowest BCUT2D eigenvalue weighted by Crippen LogP contribution is -2.26. The monoisotopic (exact) mass is 666 g/mol.